The minimum atomic E-state index is 0.0390. The summed E-state index contributed by atoms with van der Waals surface area (Å²) < 4.78 is 0. The van der Waals surface area contributed by atoms with Crippen LogP contribution in [-0.4, -0.2) is 65.3 Å². The number of hydrogen-bond donors (Lipinski definition) is 2. The second kappa shape index (κ2) is 10.3. The predicted molar refractivity (Wildman–Crippen MR) is 124 cm³/mol. The first-order valence-electron chi connectivity index (χ1n) is 11.7. The van der Waals surface area contributed by atoms with Crippen LogP contribution in [0.15, 0.2) is 0 Å². The Balaban J connectivity index is 1.54. The maximum absolute atomic E-state index is 6.64. The maximum atomic E-state index is 6.64. The molecule has 2 fully saturated rings. The Labute approximate surface area is 180 Å². The molecule has 0 bridgehead atoms. The van der Waals surface area contributed by atoms with Gasteiger partial charge in [-0.05, 0) is 64.2 Å². The number of likely N-dealkylation sites (tertiary alicyclic amines) is 1. The number of rotatable bonds is 6. The van der Waals surface area contributed by atoms with Gasteiger partial charge in [0.25, 0.3) is 0 Å². The molecule has 2 atom stereocenters. The number of hydrogen-bond acceptors (Lipinski definition) is 7. The SMILES string of the molecule is CSCCN1CCCC(Nc2nc3c(c(N4CCCCCC4)n2)CCCC3)C1N. The number of aryl methyl sites for hydroxylation is 1. The van der Waals surface area contributed by atoms with Gasteiger partial charge in [-0.1, -0.05) is 12.8 Å². The van der Waals surface area contributed by atoms with Crippen molar-refractivity contribution in [3.63, 3.8) is 0 Å². The lowest BCUT2D eigenvalue weighted by Gasteiger charge is -2.39. The molecule has 2 saturated heterocycles. The molecule has 1 aromatic rings. The average Bonchev–Trinajstić information content (AvgIpc) is 3.03. The van der Waals surface area contributed by atoms with Gasteiger partial charge in [0, 0.05) is 31.0 Å². The van der Waals surface area contributed by atoms with Gasteiger partial charge >= 0.3 is 0 Å². The number of aromatic nitrogens is 2. The molecular weight excluding hydrogens is 380 g/mol. The summed E-state index contributed by atoms with van der Waals surface area (Å²) in [5.41, 5.74) is 9.33. The van der Waals surface area contributed by atoms with Crippen molar-refractivity contribution in [1.82, 2.24) is 14.9 Å². The summed E-state index contributed by atoms with van der Waals surface area (Å²) >= 11 is 1.89. The van der Waals surface area contributed by atoms with Crippen LogP contribution in [0.3, 0.4) is 0 Å². The zero-order valence-corrected chi connectivity index (χ0v) is 18.9. The highest BCUT2D eigenvalue weighted by Crippen LogP contribution is 2.31. The van der Waals surface area contributed by atoms with Crippen molar-refractivity contribution in [3.05, 3.63) is 11.3 Å². The number of fused-ring (bicyclic) bond motifs is 1. The molecule has 6 nitrogen and oxygen atoms in total. The zero-order chi connectivity index (χ0) is 20.1. The largest absolute Gasteiger partial charge is 0.356 e. The van der Waals surface area contributed by atoms with E-state index in [0.29, 0.717) is 0 Å². The Bertz CT molecular complexity index is 661. The molecule has 0 spiro atoms. The first-order chi connectivity index (χ1) is 14.3. The van der Waals surface area contributed by atoms with Gasteiger partial charge in [-0.3, -0.25) is 4.90 Å². The summed E-state index contributed by atoms with van der Waals surface area (Å²) in [6, 6.07) is 0.226. The van der Waals surface area contributed by atoms with Crippen LogP contribution in [0.2, 0.25) is 0 Å². The summed E-state index contributed by atoms with van der Waals surface area (Å²) in [6.45, 7) is 4.43. The summed E-state index contributed by atoms with van der Waals surface area (Å²) in [5, 5.41) is 3.66. The molecule has 0 aromatic carbocycles. The van der Waals surface area contributed by atoms with E-state index in [2.05, 4.69) is 21.4 Å². The lowest BCUT2D eigenvalue weighted by Crippen LogP contribution is -2.57. The number of nitrogens with zero attached hydrogens (tertiary/aromatic N) is 4. The fourth-order valence-corrected chi connectivity index (χ4v) is 5.48. The minimum absolute atomic E-state index is 0.0390. The van der Waals surface area contributed by atoms with Crippen LogP contribution >= 0.6 is 11.8 Å². The van der Waals surface area contributed by atoms with E-state index in [1.807, 2.05) is 11.8 Å². The number of anilines is 2. The van der Waals surface area contributed by atoms with Crippen molar-refractivity contribution in [2.45, 2.75) is 76.4 Å². The molecule has 0 radical (unpaired) electrons. The molecule has 3 heterocycles. The second-order valence-corrected chi connectivity index (χ2v) is 9.80. The normalized spacial score (nSPS) is 26.1. The molecule has 0 amide bonds. The molecule has 1 aromatic heterocycles. The molecule has 0 saturated carbocycles. The predicted octanol–water partition coefficient (Wildman–Crippen LogP) is 3.26. The smallest absolute Gasteiger partial charge is 0.225 e. The first-order valence-corrected chi connectivity index (χ1v) is 13.1. The number of nitrogens with two attached hydrogens (primary N) is 1. The van der Waals surface area contributed by atoms with Crippen molar-refractivity contribution < 1.29 is 0 Å². The van der Waals surface area contributed by atoms with Crippen LogP contribution in [0.1, 0.15) is 62.6 Å². The van der Waals surface area contributed by atoms with E-state index in [1.165, 1.54) is 62.0 Å². The van der Waals surface area contributed by atoms with Gasteiger partial charge in [0.1, 0.15) is 5.82 Å². The van der Waals surface area contributed by atoms with Crippen LogP contribution in [0.25, 0.3) is 0 Å². The third-order valence-corrected chi connectivity index (χ3v) is 7.35. The lowest BCUT2D eigenvalue weighted by molar-refractivity contribution is 0.148. The summed E-state index contributed by atoms with van der Waals surface area (Å²) in [6.07, 6.45) is 14.5. The van der Waals surface area contributed by atoms with E-state index < -0.39 is 0 Å². The topological polar surface area (TPSA) is 70.3 Å². The molecule has 4 rings (SSSR count). The Morgan fingerprint density at radius 3 is 2.59 bits per heavy atom. The van der Waals surface area contributed by atoms with Crippen molar-refractivity contribution >= 4 is 23.5 Å². The summed E-state index contributed by atoms with van der Waals surface area (Å²) in [4.78, 5) is 15.0. The van der Waals surface area contributed by atoms with Crippen molar-refractivity contribution in [3.8, 4) is 0 Å². The monoisotopic (exact) mass is 418 g/mol. The molecule has 7 heteroatoms. The van der Waals surface area contributed by atoms with Gasteiger partial charge in [-0.2, -0.15) is 16.7 Å². The fraction of sp³-hybridized carbons (Fsp3) is 0.818. The number of piperidine rings is 1. The van der Waals surface area contributed by atoms with Crippen molar-refractivity contribution in [2.75, 3.05) is 48.4 Å². The van der Waals surface area contributed by atoms with Crippen LogP contribution < -0.4 is 16.0 Å². The number of thioether (sulfide) groups is 1. The van der Waals surface area contributed by atoms with Crippen molar-refractivity contribution in [2.24, 2.45) is 5.73 Å². The molecule has 2 unspecified atom stereocenters. The van der Waals surface area contributed by atoms with E-state index in [1.54, 1.807) is 0 Å². The van der Waals surface area contributed by atoms with Gasteiger partial charge in [0.2, 0.25) is 5.95 Å². The third kappa shape index (κ3) is 5.17. The van der Waals surface area contributed by atoms with Gasteiger partial charge < -0.3 is 16.0 Å². The average molecular weight is 419 g/mol. The Hall–Kier alpha value is -1.05. The first kappa shape index (κ1) is 21.2. The van der Waals surface area contributed by atoms with E-state index >= 15 is 0 Å². The Kier molecular flexibility index (Phi) is 7.54. The van der Waals surface area contributed by atoms with Crippen LogP contribution in [0.5, 0.6) is 0 Å². The molecule has 3 aliphatic rings. The van der Waals surface area contributed by atoms with Gasteiger partial charge in [-0.15, -0.1) is 0 Å². The molecular formula is C22H38N6S. The van der Waals surface area contributed by atoms with E-state index in [9.17, 15) is 0 Å². The molecule has 29 heavy (non-hydrogen) atoms. The Morgan fingerprint density at radius 1 is 1.00 bits per heavy atom. The van der Waals surface area contributed by atoms with Crippen LogP contribution in [-0.2, 0) is 12.8 Å². The van der Waals surface area contributed by atoms with E-state index in [0.717, 1.165) is 57.1 Å². The van der Waals surface area contributed by atoms with Gasteiger partial charge in [0.15, 0.2) is 0 Å². The van der Waals surface area contributed by atoms with E-state index in [4.69, 9.17) is 15.7 Å². The van der Waals surface area contributed by atoms with Crippen LogP contribution in [0.4, 0.5) is 11.8 Å². The molecule has 1 aliphatic carbocycles. The summed E-state index contributed by atoms with van der Waals surface area (Å²) in [5.74, 6) is 3.15. The lowest BCUT2D eigenvalue weighted by atomic mass is 9.96. The molecule has 3 N–H and O–H groups in total. The van der Waals surface area contributed by atoms with Gasteiger partial charge in [0.05, 0.1) is 17.9 Å². The molecule has 2 aliphatic heterocycles. The van der Waals surface area contributed by atoms with Crippen molar-refractivity contribution in [1.29, 1.82) is 0 Å². The highest BCUT2D eigenvalue weighted by atomic mass is 32.2. The maximum Gasteiger partial charge on any atom is 0.225 e. The summed E-state index contributed by atoms with van der Waals surface area (Å²) in [7, 11) is 0. The molecule has 162 valence electrons. The number of nitrogens with one attached hydrogen (secondary N) is 1. The third-order valence-electron chi connectivity index (χ3n) is 6.76. The highest BCUT2D eigenvalue weighted by molar-refractivity contribution is 7.98. The quantitative estimate of drug-likeness (QED) is 0.735. The minimum Gasteiger partial charge on any atom is -0.356 e. The second-order valence-electron chi connectivity index (χ2n) is 8.82. The zero-order valence-electron chi connectivity index (χ0n) is 18.0. The standard InChI is InChI=1S/C22H38N6S/c1-29-16-15-27-14-8-11-19(20(27)23)25-22-24-18-10-5-4-9-17(18)21(26-22)28-12-6-2-3-7-13-28/h19-20H,2-16,23H2,1H3,(H,24,25,26). The van der Waals surface area contributed by atoms with E-state index in [-0.39, 0.29) is 12.2 Å². The Morgan fingerprint density at radius 2 is 1.79 bits per heavy atom. The van der Waals surface area contributed by atoms with Gasteiger partial charge in [-0.25, -0.2) is 4.98 Å². The highest BCUT2D eigenvalue weighted by Gasteiger charge is 2.30. The fourth-order valence-electron chi connectivity index (χ4n) is 5.06. The van der Waals surface area contributed by atoms with Crippen LogP contribution in [0, 0.1) is 0 Å².